The van der Waals surface area contributed by atoms with Gasteiger partial charge < -0.3 is 39.5 Å². The van der Waals surface area contributed by atoms with Gasteiger partial charge in [-0.1, -0.05) is 177 Å². The number of aliphatic carboxylic acids is 2. The number of benzene rings is 2. The molecule has 8 nitrogen and oxygen atoms in total. The van der Waals surface area contributed by atoms with Crippen LogP contribution in [0.4, 0.5) is 0 Å². The second-order valence-corrected chi connectivity index (χ2v) is 16.4. The van der Waals surface area contributed by atoms with Crippen molar-refractivity contribution in [2.45, 2.75) is 231 Å². The smallest absolute Gasteiger partial charge is 0.550 e. The predicted octanol–water partition coefficient (Wildman–Crippen LogP) is 9.95. The molecule has 0 radical (unpaired) electrons. The number of unbranched alkanes of at least 4 members (excludes halogenated alkanes) is 12. The van der Waals surface area contributed by atoms with Crippen molar-refractivity contribution in [3.8, 4) is 0 Å². The third kappa shape index (κ3) is 38.2. The molecule has 2 aromatic carbocycles. The van der Waals surface area contributed by atoms with E-state index in [9.17, 15) is 30.0 Å². The summed E-state index contributed by atoms with van der Waals surface area (Å²) < 4.78 is 12.4. The fourth-order valence-electron chi connectivity index (χ4n) is 7.21. The predicted molar refractivity (Wildman–Crippen MR) is 238 cm³/mol. The number of aliphatic hydroxyl groups excluding tert-OH is 2. The molecule has 2 rings (SSSR count). The van der Waals surface area contributed by atoms with Gasteiger partial charge in [0.2, 0.25) is 0 Å². The van der Waals surface area contributed by atoms with E-state index in [2.05, 4.69) is 62.4 Å². The Hall–Kier alpha value is -1.21. The largest absolute Gasteiger partial charge is 2.00 e. The van der Waals surface area contributed by atoms with E-state index >= 15 is 0 Å². The zero-order valence-corrected chi connectivity index (χ0v) is 41.8. The van der Waals surface area contributed by atoms with E-state index in [0.29, 0.717) is 51.1 Å². The molecule has 59 heavy (non-hydrogen) atoms. The SMILES string of the molecule is CCCCC(CCCCCCCC(O)CCCCC(=O)[O-])OCc1ccccc1.CCCCC(CCCCCCCC(O)CCCCC(=O)[O-])OCc1ccccc1.[Ba+2]. The molecule has 0 fully saturated rings. The summed E-state index contributed by atoms with van der Waals surface area (Å²) in [6.45, 7) is 5.87. The van der Waals surface area contributed by atoms with Gasteiger partial charge in [0.25, 0.3) is 0 Å². The van der Waals surface area contributed by atoms with E-state index in [1.807, 2.05) is 12.1 Å². The van der Waals surface area contributed by atoms with Gasteiger partial charge in [0, 0.05) is 11.9 Å². The summed E-state index contributed by atoms with van der Waals surface area (Å²) >= 11 is 0. The minimum atomic E-state index is -0.998. The molecule has 332 valence electrons. The monoisotopic (exact) mass is 949 g/mol. The van der Waals surface area contributed by atoms with Crippen molar-refractivity contribution in [1.29, 1.82) is 0 Å². The number of hydrogen-bond donors (Lipinski definition) is 2. The molecular weight excluding hydrogens is 866 g/mol. The number of carboxylic acids is 2. The Morgan fingerprint density at radius 1 is 0.458 bits per heavy atom. The maximum Gasteiger partial charge on any atom is 2.00 e. The van der Waals surface area contributed by atoms with Crippen molar-refractivity contribution in [2.24, 2.45) is 0 Å². The first kappa shape index (κ1) is 57.8. The van der Waals surface area contributed by atoms with Crippen molar-refractivity contribution in [1.82, 2.24) is 0 Å². The molecule has 0 aliphatic rings. The molecule has 0 aromatic heterocycles. The van der Waals surface area contributed by atoms with Gasteiger partial charge in [-0.3, -0.25) is 0 Å². The zero-order valence-electron chi connectivity index (χ0n) is 37.3. The number of carbonyl (C=O) groups excluding carboxylic acids is 2. The summed E-state index contributed by atoms with van der Waals surface area (Å²) in [4.78, 5) is 20.7. The number of carboxylic acid groups (broad SMARTS) is 2. The van der Waals surface area contributed by atoms with E-state index in [-0.39, 0.29) is 73.9 Å². The first-order valence-corrected chi connectivity index (χ1v) is 23.3. The van der Waals surface area contributed by atoms with Crippen LogP contribution in [0.2, 0.25) is 0 Å². The van der Waals surface area contributed by atoms with Gasteiger partial charge in [0.1, 0.15) is 0 Å². The molecule has 4 atom stereocenters. The van der Waals surface area contributed by atoms with Gasteiger partial charge in [-0.05, 0) is 88.2 Å². The van der Waals surface area contributed by atoms with Crippen LogP contribution >= 0.6 is 0 Å². The molecule has 0 amide bonds. The third-order valence-corrected chi connectivity index (χ3v) is 10.9. The Balaban J connectivity index is 0.00000112. The molecule has 2 aromatic rings. The van der Waals surface area contributed by atoms with Gasteiger partial charge in [0.15, 0.2) is 0 Å². The van der Waals surface area contributed by atoms with E-state index in [4.69, 9.17) is 9.47 Å². The topological polar surface area (TPSA) is 139 Å². The van der Waals surface area contributed by atoms with Gasteiger partial charge in [-0.25, -0.2) is 0 Å². The Bertz CT molecular complexity index is 1110. The van der Waals surface area contributed by atoms with Crippen molar-refractivity contribution in [3.05, 3.63) is 71.8 Å². The number of hydrogen-bond acceptors (Lipinski definition) is 8. The normalized spacial score (nSPS) is 13.1. The summed E-state index contributed by atoms with van der Waals surface area (Å²) in [6, 6.07) is 20.8. The number of carbonyl (C=O) groups is 2. The Morgan fingerprint density at radius 2 is 0.746 bits per heavy atom. The minimum absolute atomic E-state index is 0. The molecular formula is C50H82BaO8. The second kappa shape index (κ2) is 42.1. The van der Waals surface area contributed by atoms with Crippen LogP contribution in [0.25, 0.3) is 0 Å². The Labute approximate surface area is 400 Å². The third-order valence-electron chi connectivity index (χ3n) is 10.9. The average Bonchev–Trinajstić information content (AvgIpc) is 3.22. The average molecular weight is 949 g/mol. The maximum absolute atomic E-state index is 10.4. The van der Waals surface area contributed by atoms with Crippen LogP contribution < -0.4 is 10.2 Å². The molecule has 0 spiro atoms. The molecule has 0 saturated heterocycles. The van der Waals surface area contributed by atoms with Crippen molar-refractivity contribution >= 4 is 60.8 Å². The first-order valence-electron chi connectivity index (χ1n) is 23.3. The fourth-order valence-corrected chi connectivity index (χ4v) is 7.21. The molecule has 0 heterocycles. The number of rotatable bonds is 38. The maximum atomic E-state index is 10.4. The summed E-state index contributed by atoms with van der Waals surface area (Å²) in [6.07, 6.45) is 27.2. The molecule has 4 unspecified atom stereocenters. The van der Waals surface area contributed by atoms with E-state index in [1.165, 1.54) is 75.3 Å². The first-order chi connectivity index (χ1) is 28.2. The Morgan fingerprint density at radius 3 is 1.07 bits per heavy atom. The molecule has 2 N–H and O–H groups in total. The van der Waals surface area contributed by atoms with Crippen molar-refractivity contribution < 1.29 is 39.5 Å². The second-order valence-electron chi connectivity index (χ2n) is 16.4. The Kier molecular flexibility index (Phi) is 41.2. The van der Waals surface area contributed by atoms with Gasteiger partial charge in [-0.2, -0.15) is 0 Å². The number of ether oxygens (including phenoxy) is 2. The summed E-state index contributed by atoms with van der Waals surface area (Å²) in [5.41, 5.74) is 2.49. The minimum Gasteiger partial charge on any atom is -0.550 e. The van der Waals surface area contributed by atoms with E-state index in [1.54, 1.807) is 0 Å². The number of aliphatic hydroxyl groups is 2. The summed E-state index contributed by atoms with van der Waals surface area (Å²) in [7, 11) is 0. The van der Waals surface area contributed by atoms with Gasteiger partial charge in [-0.15, -0.1) is 0 Å². The van der Waals surface area contributed by atoms with Crippen LogP contribution in [0.1, 0.15) is 205 Å². The summed E-state index contributed by atoms with van der Waals surface area (Å²) in [5, 5.41) is 40.6. The van der Waals surface area contributed by atoms with Crippen LogP contribution in [0.15, 0.2) is 60.7 Å². The standard InChI is InChI=1S/2C25H42O4.Ba/c2*1-2-3-18-24(29-21-22-14-8-7-9-15-22)19-11-6-4-5-10-16-23(26)17-12-13-20-25(27)28;/h2*7-9,14-15,23-24,26H,2-6,10-13,16-21H2,1H3,(H,27,28);/q;;+2/p-2. The fraction of sp³-hybridized carbons (Fsp3) is 0.720. The molecule has 0 aliphatic heterocycles. The molecule has 0 bridgehead atoms. The van der Waals surface area contributed by atoms with Gasteiger partial charge in [0.05, 0.1) is 37.6 Å². The van der Waals surface area contributed by atoms with Crippen molar-refractivity contribution in [2.75, 3.05) is 0 Å². The van der Waals surface area contributed by atoms with Crippen LogP contribution in [0, 0.1) is 0 Å². The van der Waals surface area contributed by atoms with Crippen LogP contribution in [0.5, 0.6) is 0 Å². The van der Waals surface area contributed by atoms with Crippen LogP contribution in [0.3, 0.4) is 0 Å². The van der Waals surface area contributed by atoms with Crippen LogP contribution in [-0.2, 0) is 32.3 Å². The molecule has 0 saturated carbocycles. The van der Waals surface area contributed by atoms with Crippen LogP contribution in [-0.4, -0.2) is 95.4 Å². The molecule has 0 aliphatic carbocycles. The molecule has 9 heteroatoms. The van der Waals surface area contributed by atoms with E-state index < -0.39 is 11.9 Å². The quantitative estimate of drug-likeness (QED) is 0.0501. The van der Waals surface area contributed by atoms with Crippen molar-refractivity contribution in [3.63, 3.8) is 0 Å². The van der Waals surface area contributed by atoms with E-state index in [0.717, 1.165) is 77.0 Å². The van der Waals surface area contributed by atoms with Gasteiger partial charge >= 0.3 is 48.9 Å². The summed E-state index contributed by atoms with van der Waals surface area (Å²) in [5.74, 6) is -2.00. The zero-order chi connectivity index (χ0) is 42.3.